The molecule has 232 valence electrons. The molecule has 1 heterocycles. The lowest BCUT2D eigenvalue weighted by atomic mass is 9.84. The van der Waals surface area contributed by atoms with Crippen molar-refractivity contribution in [3.63, 3.8) is 0 Å². The maximum Gasteiger partial charge on any atom is 0.435 e. The molecule has 1 atom stereocenters. The van der Waals surface area contributed by atoms with E-state index in [1.54, 1.807) is 12.1 Å². The molecule has 1 aliphatic heterocycles. The average Bonchev–Trinajstić information content (AvgIpc) is 3.37. The highest BCUT2D eigenvalue weighted by atomic mass is 35.5. The normalized spacial score (nSPS) is 17.6. The quantitative estimate of drug-likeness (QED) is 0.151. The van der Waals surface area contributed by atoms with Gasteiger partial charge in [0.05, 0.1) is 31.2 Å². The van der Waals surface area contributed by atoms with Crippen LogP contribution >= 0.6 is 11.6 Å². The Labute approximate surface area is 242 Å². The summed E-state index contributed by atoms with van der Waals surface area (Å²) in [6, 6.07) is 10.4. The molecule has 0 aliphatic carbocycles. The number of hydrogen-bond donors (Lipinski definition) is 2. The molecule has 3 aromatic rings. The summed E-state index contributed by atoms with van der Waals surface area (Å²) in [6.45, 7) is -1.81. The third-order valence-electron chi connectivity index (χ3n) is 6.42. The van der Waals surface area contributed by atoms with Gasteiger partial charge in [0.2, 0.25) is 0 Å². The highest BCUT2D eigenvalue weighted by Crippen LogP contribution is 2.50. The Hall–Kier alpha value is -3.56. The largest absolute Gasteiger partial charge is 0.435 e. The minimum atomic E-state index is -5.20. The van der Waals surface area contributed by atoms with Crippen LogP contribution in [-0.4, -0.2) is 50.4 Å². The van der Waals surface area contributed by atoms with E-state index < -0.39 is 65.9 Å². The van der Waals surface area contributed by atoms with Gasteiger partial charge in [-0.1, -0.05) is 47.1 Å². The Balaban J connectivity index is 1.56. The van der Waals surface area contributed by atoms with Gasteiger partial charge in [0.25, 0.3) is 11.5 Å². The molecule has 16 heteroatoms. The first-order valence-electron chi connectivity index (χ1n) is 12.4. The Bertz CT molecular complexity index is 1520. The molecule has 6 nitrogen and oxygen atoms in total. The molecule has 2 N–H and O–H groups in total. The third kappa shape index (κ3) is 7.33. The molecule has 0 saturated carbocycles. The fourth-order valence-corrected chi connectivity index (χ4v) is 4.69. The van der Waals surface area contributed by atoms with Gasteiger partial charge in [-0.05, 0) is 35.0 Å². The first kappa shape index (κ1) is 32.4. The Morgan fingerprint density at radius 3 is 2.33 bits per heavy atom. The molecule has 43 heavy (non-hydrogen) atoms. The van der Waals surface area contributed by atoms with E-state index in [9.17, 15) is 44.3 Å². The van der Waals surface area contributed by atoms with E-state index in [1.807, 2.05) is 5.32 Å². The van der Waals surface area contributed by atoms with Crippen LogP contribution in [-0.2, 0) is 21.4 Å². The molecule has 0 unspecified atom stereocenters. The third-order valence-corrected chi connectivity index (χ3v) is 6.64. The van der Waals surface area contributed by atoms with Crippen LogP contribution in [0.15, 0.2) is 59.8 Å². The number of amides is 1. The van der Waals surface area contributed by atoms with Crippen LogP contribution in [0.2, 0.25) is 5.02 Å². The average molecular weight is 642 g/mol. The first-order valence-corrected chi connectivity index (χ1v) is 12.8. The van der Waals surface area contributed by atoms with Gasteiger partial charge in [-0.15, -0.1) is 0 Å². The second kappa shape index (κ2) is 12.2. The molecule has 0 radical (unpaired) electrons. The molecule has 1 amide bonds. The minimum absolute atomic E-state index is 0.0587. The van der Waals surface area contributed by atoms with Crippen LogP contribution in [0.25, 0.3) is 10.8 Å². The lowest BCUT2D eigenvalue weighted by Gasteiger charge is -2.30. The number of benzene rings is 3. The number of carbonyl (C=O) groups is 1. The van der Waals surface area contributed by atoms with E-state index >= 15 is 0 Å². The summed E-state index contributed by atoms with van der Waals surface area (Å²) in [6.07, 6.45) is -15.6. The molecule has 1 aliphatic rings. The summed E-state index contributed by atoms with van der Waals surface area (Å²) in [5.74, 6) is -0.595. The maximum atomic E-state index is 14.5. The fourth-order valence-electron chi connectivity index (χ4n) is 4.45. The standard InChI is InChI=1S/C27H21ClF9N3O3/c28-17-10-15(9-16(11-17)26(32,33)34)24(27(35,36)37)12-22(40-43-24)20-5-6-21(19-4-2-1-3-18(19)20)23(41)39-7-8-42-14-38-13-25(29,30)31/h1-6,9-11,38H,7-8,12-14H2,(H,39,41)/t24-/m0/s1. The van der Waals surface area contributed by atoms with Crippen molar-refractivity contribution in [2.45, 2.75) is 30.6 Å². The second-order valence-electron chi connectivity index (χ2n) is 9.41. The summed E-state index contributed by atoms with van der Waals surface area (Å²) in [5, 5.41) is 8.26. The van der Waals surface area contributed by atoms with Gasteiger partial charge in [0, 0.05) is 34.7 Å². The molecule has 0 fully saturated rings. The van der Waals surface area contributed by atoms with Gasteiger partial charge < -0.3 is 14.9 Å². The number of alkyl halides is 9. The fraction of sp³-hybridized carbons (Fsp3) is 0.333. The zero-order chi connectivity index (χ0) is 31.6. The number of fused-ring (bicyclic) bond motifs is 1. The van der Waals surface area contributed by atoms with E-state index in [2.05, 4.69) is 10.5 Å². The zero-order valence-electron chi connectivity index (χ0n) is 21.7. The number of nitrogens with zero attached hydrogens (tertiary/aromatic N) is 1. The number of rotatable bonds is 9. The second-order valence-corrected chi connectivity index (χ2v) is 9.85. The topological polar surface area (TPSA) is 72.0 Å². The highest BCUT2D eigenvalue weighted by molar-refractivity contribution is 6.30. The van der Waals surface area contributed by atoms with Crippen molar-refractivity contribution in [2.75, 3.05) is 26.4 Å². The van der Waals surface area contributed by atoms with Crippen LogP contribution in [0.1, 0.15) is 33.5 Å². The molecular formula is C27H21ClF9N3O3. The van der Waals surface area contributed by atoms with Crippen LogP contribution in [0.4, 0.5) is 39.5 Å². The van der Waals surface area contributed by atoms with Gasteiger partial charge in [-0.2, -0.15) is 39.5 Å². The zero-order valence-corrected chi connectivity index (χ0v) is 22.4. The summed E-state index contributed by atoms with van der Waals surface area (Å²) in [4.78, 5) is 17.7. The van der Waals surface area contributed by atoms with E-state index in [-0.39, 0.29) is 30.0 Å². The van der Waals surface area contributed by atoms with E-state index in [1.165, 1.54) is 24.3 Å². The molecule has 0 aromatic heterocycles. The summed E-state index contributed by atoms with van der Waals surface area (Å²) in [5.41, 5.74) is -5.49. The summed E-state index contributed by atoms with van der Waals surface area (Å²) >= 11 is 5.76. The van der Waals surface area contributed by atoms with Crippen molar-refractivity contribution in [1.29, 1.82) is 0 Å². The van der Waals surface area contributed by atoms with Gasteiger partial charge in [0.15, 0.2) is 0 Å². The highest BCUT2D eigenvalue weighted by Gasteiger charge is 2.62. The molecule has 3 aromatic carbocycles. The predicted molar refractivity (Wildman–Crippen MR) is 138 cm³/mol. The lowest BCUT2D eigenvalue weighted by Crippen LogP contribution is -2.43. The van der Waals surface area contributed by atoms with Gasteiger partial charge in [-0.25, -0.2) is 0 Å². The Morgan fingerprint density at radius 1 is 0.977 bits per heavy atom. The number of nitrogens with one attached hydrogen (secondary N) is 2. The van der Waals surface area contributed by atoms with Crippen molar-refractivity contribution in [2.24, 2.45) is 5.16 Å². The number of halogens is 10. The molecule has 0 bridgehead atoms. The van der Waals surface area contributed by atoms with Crippen molar-refractivity contribution in [3.8, 4) is 0 Å². The van der Waals surface area contributed by atoms with Crippen LogP contribution in [0.5, 0.6) is 0 Å². The molecule has 0 spiro atoms. The maximum absolute atomic E-state index is 14.5. The first-order chi connectivity index (χ1) is 20.0. The van der Waals surface area contributed by atoms with E-state index in [4.69, 9.17) is 21.2 Å². The SMILES string of the molecule is O=C(NCCOCNCC(F)(F)F)c1ccc(C2=NO[C@@](c3cc(Cl)cc(C(F)(F)F)c3)(C(F)(F)F)C2)c2ccccc12. The van der Waals surface area contributed by atoms with Gasteiger partial charge >= 0.3 is 18.5 Å². The molecule has 0 saturated heterocycles. The Kier molecular flexibility index (Phi) is 9.19. The van der Waals surface area contributed by atoms with Crippen molar-refractivity contribution in [3.05, 3.63) is 81.9 Å². The number of carbonyl (C=O) groups excluding carboxylic acids is 1. The smallest absolute Gasteiger partial charge is 0.374 e. The van der Waals surface area contributed by atoms with Crippen molar-refractivity contribution >= 4 is 34.0 Å². The number of ether oxygens (including phenoxy) is 1. The van der Waals surface area contributed by atoms with E-state index in [0.29, 0.717) is 22.9 Å². The van der Waals surface area contributed by atoms with Crippen LogP contribution < -0.4 is 10.6 Å². The lowest BCUT2D eigenvalue weighted by molar-refractivity contribution is -0.276. The van der Waals surface area contributed by atoms with Crippen molar-refractivity contribution < 1.29 is 53.9 Å². The van der Waals surface area contributed by atoms with Crippen molar-refractivity contribution in [1.82, 2.24) is 10.6 Å². The van der Waals surface area contributed by atoms with Gasteiger partial charge in [-0.3, -0.25) is 10.1 Å². The van der Waals surface area contributed by atoms with Crippen LogP contribution in [0.3, 0.4) is 0 Å². The van der Waals surface area contributed by atoms with E-state index in [0.717, 1.165) is 6.07 Å². The summed E-state index contributed by atoms with van der Waals surface area (Å²) < 4.78 is 125. The monoisotopic (exact) mass is 641 g/mol. The van der Waals surface area contributed by atoms with Gasteiger partial charge in [0.1, 0.15) is 0 Å². The molecular weight excluding hydrogens is 621 g/mol. The van der Waals surface area contributed by atoms with Crippen LogP contribution in [0, 0.1) is 0 Å². The predicted octanol–water partition coefficient (Wildman–Crippen LogP) is 6.95. The Morgan fingerprint density at radius 2 is 1.67 bits per heavy atom. The number of oxime groups is 1. The minimum Gasteiger partial charge on any atom is -0.374 e. The summed E-state index contributed by atoms with van der Waals surface area (Å²) in [7, 11) is 0. The molecule has 4 rings (SSSR count). The number of hydrogen-bond acceptors (Lipinski definition) is 5.